The van der Waals surface area contributed by atoms with Gasteiger partial charge in [0.1, 0.15) is 4.90 Å². The lowest BCUT2D eigenvalue weighted by Crippen LogP contribution is -2.49. The molecule has 1 aromatic heterocycles. The second kappa shape index (κ2) is 5.68. The minimum absolute atomic E-state index is 0.161. The Hall–Kier alpha value is -1.45. The van der Waals surface area contributed by atoms with Crippen molar-refractivity contribution in [1.29, 1.82) is 0 Å². The van der Waals surface area contributed by atoms with E-state index in [0.29, 0.717) is 26.2 Å². The number of esters is 1. The molecule has 0 spiro atoms. The molecule has 2 rings (SSSR count). The molecule has 0 bridgehead atoms. The highest BCUT2D eigenvalue weighted by atomic mass is 32.2. The molecule has 106 valence electrons. The van der Waals surface area contributed by atoms with Crippen LogP contribution in [0.25, 0.3) is 0 Å². The van der Waals surface area contributed by atoms with Gasteiger partial charge in [-0.15, -0.1) is 0 Å². The van der Waals surface area contributed by atoms with E-state index >= 15 is 0 Å². The van der Waals surface area contributed by atoms with Crippen LogP contribution >= 0.6 is 0 Å². The van der Waals surface area contributed by atoms with Crippen LogP contribution in [0.3, 0.4) is 0 Å². The Morgan fingerprint density at radius 3 is 2.63 bits per heavy atom. The summed E-state index contributed by atoms with van der Waals surface area (Å²) >= 11 is 0. The minimum Gasteiger partial charge on any atom is -0.468 e. The quantitative estimate of drug-likeness (QED) is 0.706. The molecular formula is C10H16N4O4S. The molecule has 1 aliphatic rings. The molecule has 0 saturated carbocycles. The number of nitrogens with zero attached hydrogens (tertiary/aromatic N) is 3. The number of piperazine rings is 1. The fourth-order valence-corrected chi connectivity index (χ4v) is 3.23. The number of nitrogens with one attached hydrogen (secondary N) is 1. The van der Waals surface area contributed by atoms with Crippen molar-refractivity contribution in [2.45, 2.75) is 4.90 Å². The van der Waals surface area contributed by atoms with Gasteiger partial charge in [-0.25, -0.2) is 8.42 Å². The first-order valence-electron chi connectivity index (χ1n) is 5.82. The molecule has 1 aromatic rings. The number of hydrogen-bond acceptors (Lipinski definition) is 6. The molecule has 1 fully saturated rings. The van der Waals surface area contributed by atoms with Crippen LogP contribution in [-0.4, -0.2) is 73.6 Å². The third kappa shape index (κ3) is 3.11. The average molecular weight is 288 g/mol. The molecule has 1 aliphatic heterocycles. The Balaban J connectivity index is 1.95. The number of methoxy groups -OCH3 is 1. The average Bonchev–Trinajstić information content (AvgIpc) is 2.94. The van der Waals surface area contributed by atoms with Crippen LogP contribution in [0.1, 0.15) is 0 Å². The summed E-state index contributed by atoms with van der Waals surface area (Å²) in [6.45, 7) is 1.91. The first-order chi connectivity index (χ1) is 9.04. The molecule has 1 N–H and O–H groups in total. The normalized spacial score (nSPS) is 18.4. The molecule has 0 aliphatic carbocycles. The van der Waals surface area contributed by atoms with Gasteiger partial charge in [-0.1, -0.05) is 0 Å². The predicted molar refractivity (Wildman–Crippen MR) is 65.8 cm³/mol. The van der Waals surface area contributed by atoms with Crippen LogP contribution in [0.2, 0.25) is 0 Å². The van der Waals surface area contributed by atoms with Gasteiger partial charge in [0.05, 0.1) is 19.9 Å². The molecule has 0 atom stereocenters. The molecule has 1 saturated heterocycles. The lowest BCUT2D eigenvalue weighted by molar-refractivity contribution is -0.142. The smallest absolute Gasteiger partial charge is 0.319 e. The van der Waals surface area contributed by atoms with Gasteiger partial charge in [-0.3, -0.25) is 14.8 Å². The number of carbonyl (C=O) groups excluding carboxylic acids is 1. The van der Waals surface area contributed by atoms with Crippen LogP contribution in [0.5, 0.6) is 0 Å². The molecule has 9 heteroatoms. The van der Waals surface area contributed by atoms with Crippen molar-refractivity contribution >= 4 is 16.0 Å². The van der Waals surface area contributed by atoms with E-state index in [1.54, 1.807) is 0 Å². The highest BCUT2D eigenvalue weighted by molar-refractivity contribution is 7.89. The zero-order valence-electron chi connectivity index (χ0n) is 10.6. The van der Waals surface area contributed by atoms with E-state index in [4.69, 9.17) is 0 Å². The topological polar surface area (TPSA) is 95.6 Å². The van der Waals surface area contributed by atoms with Crippen molar-refractivity contribution in [3.05, 3.63) is 12.4 Å². The van der Waals surface area contributed by atoms with Crippen molar-refractivity contribution in [2.24, 2.45) is 0 Å². The zero-order valence-corrected chi connectivity index (χ0v) is 11.4. The minimum atomic E-state index is -3.48. The second-order valence-electron chi connectivity index (χ2n) is 4.19. The number of ether oxygens (including phenoxy) is 1. The summed E-state index contributed by atoms with van der Waals surface area (Å²) in [5.74, 6) is -0.314. The zero-order chi connectivity index (χ0) is 13.9. The maximum atomic E-state index is 12.2. The lowest BCUT2D eigenvalue weighted by atomic mass is 10.3. The fraction of sp³-hybridized carbons (Fsp3) is 0.600. The number of aromatic amines is 1. The summed E-state index contributed by atoms with van der Waals surface area (Å²) in [7, 11) is -2.14. The molecule has 8 nitrogen and oxygen atoms in total. The van der Waals surface area contributed by atoms with E-state index in [-0.39, 0.29) is 17.4 Å². The predicted octanol–water partition coefficient (Wildman–Crippen LogP) is -1.11. The summed E-state index contributed by atoms with van der Waals surface area (Å²) in [6, 6.07) is 0. The number of rotatable bonds is 4. The van der Waals surface area contributed by atoms with Crippen molar-refractivity contribution < 1.29 is 17.9 Å². The van der Waals surface area contributed by atoms with Crippen LogP contribution in [-0.2, 0) is 19.6 Å². The SMILES string of the molecule is COC(=O)CN1CCN(S(=O)(=O)c2cn[nH]c2)CC1. The maximum absolute atomic E-state index is 12.2. The first kappa shape index (κ1) is 14.0. The van der Waals surface area contributed by atoms with E-state index in [9.17, 15) is 13.2 Å². The Morgan fingerprint density at radius 2 is 2.11 bits per heavy atom. The second-order valence-corrected chi connectivity index (χ2v) is 6.13. The van der Waals surface area contributed by atoms with Gasteiger partial charge in [0.15, 0.2) is 0 Å². The molecule has 0 aromatic carbocycles. The summed E-state index contributed by atoms with van der Waals surface area (Å²) in [5, 5.41) is 6.14. The number of hydrogen-bond donors (Lipinski definition) is 1. The van der Waals surface area contributed by atoms with Gasteiger partial charge in [0, 0.05) is 32.4 Å². The molecule has 2 heterocycles. The van der Waals surface area contributed by atoms with Crippen molar-refractivity contribution in [3.8, 4) is 0 Å². The van der Waals surface area contributed by atoms with E-state index in [1.165, 1.54) is 23.8 Å². The Kier molecular flexibility index (Phi) is 4.17. The summed E-state index contributed by atoms with van der Waals surface area (Å²) in [4.78, 5) is 13.2. The third-order valence-electron chi connectivity index (χ3n) is 3.02. The molecule has 0 unspecified atom stereocenters. The van der Waals surface area contributed by atoms with Gasteiger partial charge >= 0.3 is 5.97 Å². The number of aromatic nitrogens is 2. The molecule has 0 amide bonds. The van der Waals surface area contributed by atoms with Crippen molar-refractivity contribution in [3.63, 3.8) is 0 Å². The largest absolute Gasteiger partial charge is 0.468 e. The van der Waals surface area contributed by atoms with Crippen LogP contribution in [0, 0.1) is 0 Å². The molecule has 19 heavy (non-hydrogen) atoms. The molecular weight excluding hydrogens is 272 g/mol. The number of H-pyrrole nitrogens is 1. The van der Waals surface area contributed by atoms with Gasteiger partial charge in [-0.2, -0.15) is 9.40 Å². The van der Waals surface area contributed by atoms with Gasteiger partial charge in [-0.05, 0) is 0 Å². The van der Waals surface area contributed by atoms with Gasteiger partial charge < -0.3 is 4.74 Å². The fourth-order valence-electron chi connectivity index (χ4n) is 1.90. The highest BCUT2D eigenvalue weighted by Gasteiger charge is 2.29. The summed E-state index contributed by atoms with van der Waals surface area (Å²) < 4.78 is 30.4. The summed E-state index contributed by atoms with van der Waals surface area (Å²) in [5.41, 5.74) is 0. The standard InChI is InChI=1S/C10H16N4O4S/c1-18-10(15)8-13-2-4-14(5-3-13)19(16,17)9-6-11-12-7-9/h6-7H,2-5,8H2,1H3,(H,11,12). The maximum Gasteiger partial charge on any atom is 0.319 e. The Labute approximate surface area is 111 Å². The first-order valence-corrected chi connectivity index (χ1v) is 7.26. The van der Waals surface area contributed by atoms with E-state index < -0.39 is 10.0 Å². The van der Waals surface area contributed by atoms with E-state index in [1.807, 2.05) is 4.90 Å². The van der Waals surface area contributed by atoms with E-state index in [0.717, 1.165) is 0 Å². The van der Waals surface area contributed by atoms with Gasteiger partial charge in [0.25, 0.3) is 0 Å². The number of sulfonamides is 1. The monoisotopic (exact) mass is 288 g/mol. The van der Waals surface area contributed by atoms with Crippen molar-refractivity contribution in [2.75, 3.05) is 39.8 Å². The van der Waals surface area contributed by atoms with Crippen LogP contribution in [0.15, 0.2) is 17.3 Å². The lowest BCUT2D eigenvalue weighted by Gasteiger charge is -2.32. The van der Waals surface area contributed by atoms with Crippen molar-refractivity contribution in [1.82, 2.24) is 19.4 Å². The Morgan fingerprint density at radius 1 is 1.42 bits per heavy atom. The molecule has 0 radical (unpaired) electrons. The highest BCUT2D eigenvalue weighted by Crippen LogP contribution is 2.15. The van der Waals surface area contributed by atoms with Crippen LogP contribution < -0.4 is 0 Å². The van der Waals surface area contributed by atoms with Crippen LogP contribution in [0.4, 0.5) is 0 Å². The van der Waals surface area contributed by atoms with Gasteiger partial charge in [0.2, 0.25) is 10.0 Å². The summed E-state index contributed by atoms with van der Waals surface area (Å²) in [6.07, 6.45) is 2.65. The Bertz CT molecular complexity index is 520. The van der Waals surface area contributed by atoms with E-state index in [2.05, 4.69) is 14.9 Å². The third-order valence-corrected chi connectivity index (χ3v) is 4.89. The number of carbonyl (C=O) groups is 1.